The Kier molecular flexibility index (Phi) is 5.46. The molecule has 0 saturated heterocycles. The van der Waals surface area contributed by atoms with E-state index in [9.17, 15) is 14.4 Å². The first-order valence-electron chi connectivity index (χ1n) is 8.42. The van der Waals surface area contributed by atoms with Gasteiger partial charge < -0.3 is 9.47 Å². The lowest BCUT2D eigenvalue weighted by Gasteiger charge is -2.17. The third kappa shape index (κ3) is 4.11. The first kappa shape index (κ1) is 18.9. The molecule has 2 amide bonds. The second kappa shape index (κ2) is 7.80. The highest BCUT2D eigenvalue weighted by molar-refractivity contribution is 6.32. The normalized spacial score (nSPS) is 13.9. The molecule has 0 bridgehead atoms. The lowest BCUT2D eigenvalue weighted by atomic mass is 10.1. The zero-order chi connectivity index (χ0) is 19.6. The number of hydrogen-bond donors (Lipinski definition) is 0. The zero-order valence-electron chi connectivity index (χ0n) is 14.9. The molecule has 0 unspecified atom stereocenters. The number of carbonyl (C=O) groups excluding carboxylic acids is 3. The first-order chi connectivity index (χ1) is 12.9. The van der Waals surface area contributed by atoms with E-state index >= 15 is 0 Å². The smallest absolute Gasteiger partial charge is 0.267 e. The third-order valence-electron chi connectivity index (χ3n) is 3.93. The van der Waals surface area contributed by atoms with Crippen LogP contribution < -0.4 is 9.47 Å². The van der Waals surface area contributed by atoms with Crippen molar-refractivity contribution in [2.24, 2.45) is 0 Å². The molecule has 3 rings (SSSR count). The van der Waals surface area contributed by atoms with Crippen molar-refractivity contribution < 1.29 is 23.9 Å². The minimum atomic E-state index is -0.574. The van der Waals surface area contributed by atoms with Gasteiger partial charge in [0.05, 0.1) is 23.2 Å². The Morgan fingerprint density at radius 1 is 1.22 bits per heavy atom. The molecule has 0 radical (unpaired) electrons. The number of halogens is 1. The standard InChI is InChI=1S/C20H18ClNO5/c1-12(2)27-18-8-7-13(9-15(18)21)16(23)10-22-19(24)11-26-17-6-4-3-5-14(17)20(22)25/h3-9,12H,10-11H2,1-2H3. The number of para-hydroxylation sites is 1. The van der Waals surface area contributed by atoms with E-state index in [2.05, 4.69) is 0 Å². The average Bonchev–Trinajstić information content (AvgIpc) is 2.75. The highest BCUT2D eigenvalue weighted by Crippen LogP contribution is 2.27. The number of nitrogens with zero attached hydrogens (tertiary/aromatic N) is 1. The predicted octanol–water partition coefficient (Wildman–Crippen LogP) is 3.37. The second-order valence-corrected chi connectivity index (χ2v) is 6.71. The van der Waals surface area contributed by atoms with Crippen molar-refractivity contribution in [3.8, 4) is 11.5 Å². The minimum absolute atomic E-state index is 0.0588. The van der Waals surface area contributed by atoms with Crippen molar-refractivity contribution in [3.63, 3.8) is 0 Å². The van der Waals surface area contributed by atoms with E-state index in [-0.39, 0.29) is 28.9 Å². The molecule has 140 valence electrons. The van der Waals surface area contributed by atoms with Crippen molar-refractivity contribution in [3.05, 3.63) is 58.6 Å². The van der Waals surface area contributed by atoms with Crippen LogP contribution in [0.2, 0.25) is 5.02 Å². The molecule has 1 aliphatic heterocycles. The molecule has 0 aliphatic carbocycles. The van der Waals surface area contributed by atoms with Crippen LogP contribution >= 0.6 is 11.6 Å². The molecule has 0 aromatic heterocycles. The SMILES string of the molecule is CC(C)Oc1ccc(C(=O)CN2C(=O)COc3ccccc3C2=O)cc1Cl. The van der Waals surface area contributed by atoms with Crippen LogP contribution in [0, 0.1) is 0 Å². The molecular weight excluding hydrogens is 370 g/mol. The van der Waals surface area contributed by atoms with Gasteiger partial charge in [0.1, 0.15) is 11.5 Å². The maximum Gasteiger partial charge on any atom is 0.267 e. The van der Waals surface area contributed by atoms with Gasteiger partial charge in [-0.1, -0.05) is 23.7 Å². The number of fused-ring (bicyclic) bond motifs is 1. The van der Waals surface area contributed by atoms with Gasteiger partial charge in [-0.15, -0.1) is 0 Å². The van der Waals surface area contributed by atoms with Crippen LogP contribution in [-0.2, 0) is 4.79 Å². The Morgan fingerprint density at radius 3 is 2.67 bits per heavy atom. The van der Waals surface area contributed by atoms with Gasteiger partial charge in [0, 0.05) is 5.56 Å². The van der Waals surface area contributed by atoms with E-state index in [0.29, 0.717) is 11.5 Å². The Labute approximate surface area is 161 Å². The molecule has 6 nitrogen and oxygen atoms in total. The molecule has 1 aliphatic rings. The summed E-state index contributed by atoms with van der Waals surface area (Å²) in [7, 11) is 0. The fourth-order valence-corrected chi connectivity index (χ4v) is 2.89. The van der Waals surface area contributed by atoms with Crippen molar-refractivity contribution in [2.75, 3.05) is 13.2 Å². The molecule has 2 aromatic rings. The van der Waals surface area contributed by atoms with E-state index in [4.69, 9.17) is 21.1 Å². The highest BCUT2D eigenvalue weighted by atomic mass is 35.5. The molecule has 0 N–H and O–H groups in total. The summed E-state index contributed by atoms with van der Waals surface area (Å²) in [6.45, 7) is 3.03. The minimum Gasteiger partial charge on any atom is -0.489 e. The number of hydrogen-bond acceptors (Lipinski definition) is 5. The molecule has 27 heavy (non-hydrogen) atoms. The average molecular weight is 388 g/mol. The summed E-state index contributed by atoms with van der Waals surface area (Å²) >= 11 is 6.17. The Morgan fingerprint density at radius 2 is 1.96 bits per heavy atom. The van der Waals surface area contributed by atoms with Gasteiger partial charge in [-0.3, -0.25) is 19.3 Å². The number of imide groups is 1. The lowest BCUT2D eigenvalue weighted by molar-refractivity contribution is -0.129. The predicted molar refractivity (Wildman–Crippen MR) is 99.5 cm³/mol. The molecule has 0 spiro atoms. The van der Waals surface area contributed by atoms with Crippen molar-refractivity contribution in [2.45, 2.75) is 20.0 Å². The number of ketones is 1. The fraction of sp³-hybridized carbons (Fsp3) is 0.250. The molecule has 0 saturated carbocycles. The highest BCUT2D eigenvalue weighted by Gasteiger charge is 2.31. The Balaban J connectivity index is 1.81. The van der Waals surface area contributed by atoms with Crippen LogP contribution in [0.4, 0.5) is 0 Å². The van der Waals surface area contributed by atoms with Crippen LogP contribution in [0.5, 0.6) is 11.5 Å². The van der Waals surface area contributed by atoms with Gasteiger partial charge >= 0.3 is 0 Å². The maximum absolute atomic E-state index is 12.7. The van der Waals surface area contributed by atoms with Crippen molar-refractivity contribution in [1.82, 2.24) is 4.90 Å². The zero-order valence-corrected chi connectivity index (χ0v) is 15.7. The number of amides is 2. The molecule has 0 fully saturated rings. The lowest BCUT2D eigenvalue weighted by Crippen LogP contribution is -2.41. The quantitative estimate of drug-likeness (QED) is 0.581. The summed E-state index contributed by atoms with van der Waals surface area (Å²) < 4.78 is 10.9. The Hall–Kier alpha value is -2.86. The number of ether oxygens (including phenoxy) is 2. The molecule has 1 heterocycles. The molecular formula is C20H18ClNO5. The van der Waals surface area contributed by atoms with Gasteiger partial charge in [-0.05, 0) is 44.2 Å². The van der Waals surface area contributed by atoms with Gasteiger partial charge in [-0.25, -0.2) is 0 Å². The van der Waals surface area contributed by atoms with Crippen molar-refractivity contribution in [1.29, 1.82) is 0 Å². The topological polar surface area (TPSA) is 72.9 Å². The van der Waals surface area contributed by atoms with E-state index in [1.807, 2.05) is 13.8 Å². The summed E-state index contributed by atoms with van der Waals surface area (Å²) in [5.41, 5.74) is 0.532. The summed E-state index contributed by atoms with van der Waals surface area (Å²) in [6.07, 6.45) is -0.0588. The van der Waals surface area contributed by atoms with Gasteiger partial charge in [0.15, 0.2) is 12.4 Å². The van der Waals surface area contributed by atoms with Crippen LogP contribution in [-0.4, -0.2) is 41.8 Å². The summed E-state index contributed by atoms with van der Waals surface area (Å²) in [4.78, 5) is 38.5. The van der Waals surface area contributed by atoms with E-state index < -0.39 is 24.1 Å². The largest absolute Gasteiger partial charge is 0.489 e. The van der Waals surface area contributed by atoms with Crippen LogP contribution in [0.25, 0.3) is 0 Å². The first-order valence-corrected chi connectivity index (χ1v) is 8.80. The second-order valence-electron chi connectivity index (χ2n) is 6.30. The van der Waals surface area contributed by atoms with Crippen LogP contribution in [0.15, 0.2) is 42.5 Å². The van der Waals surface area contributed by atoms with Gasteiger partial charge in [0.2, 0.25) is 0 Å². The molecule has 0 atom stereocenters. The van der Waals surface area contributed by atoms with Gasteiger partial charge in [-0.2, -0.15) is 0 Å². The number of benzene rings is 2. The molecule has 2 aromatic carbocycles. The summed E-state index contributed by atoms with van der Waals surface area (Å²) in [5, 5.41) is 0.289. The van der Waals surface area contributed by atoms with E-state index in [1.54, 1.807) is 36.4 Å². The van der Waals surface area contributed by atoms with Crippen molar-refractivity contribution >= 4 is 29.2 Å². The third-order valence-corrected chi connectivity index (χ3v) is 4.23. The Bertz CT molecular complexity index is 909. The van der Waals surface area contributed by atoms with Crippen LogP contribution in [0.1, 0.15) is 34.6 Å². The van der Waals surface area contributed by atoms with Crippen LogP contribution in [0.3, 0.4) is 0 Å². The maximum atomic E-state index is 12.7. The van der Waals surface area contributed by atoms with E-state index in [1.165, 1.54) is 6.07 Å². The van der Waals surface area contributed by atoms with E-state index in [0.717, 1.165) is 4.90 Å². The fourth-order valence-electron chi connectivity index (χ4n) is 2.66. The molecule has 7 heteroatoms. The monoisotopic (exact) mass is 387 g/mol. The summed E-state index contributed by atoms with van der Waals surface area (Å²) in [6, 6.07) is 11.2. The number of carbonyl (C=O) groups is 3. The number of rotatable bonds is 5. The summed E-state index contributed by atoms with van der Waals surface area (Å²) in [5.74, 6) is -0.756. The number of Topliss-reactive ketones (excluding diaryl/α,β-unsaturated/α-hetero) is 1. The van der Waals surface area contributed by atoms with Gasteiger partial charge in [0.25, 0.3) is 11.8 Å².